The van der Waals surface area contributed by atoms with Gasteiger partial charge in [-0.1, -0.05) is 17.7 Å². The SMILES string of the molecule is Cc1ccc2sc(/C=C/C(=O)O)c(C)c2c1. The van der Waals surface area contributed by atoms with Crippen molar-refractivity contribution in [3.05, 3.63) is 40.3 Å². The quantitative estimate of drug-likeness (QED) is 0.803. The van der Waals surface area contributed by atoms with Gasteiger partial charge in [0.05, 0.1) is 0 Å². The second kappa shape index (κ2) is 4.10. The molecular weight excluding hydrogens is 220 g/mol. The van der Waals surface area contributed by atoms with E-state index in [2.05, 4.69) is 25.1 Å². The highest BCUT2D eigenvalue weighted by Gasteiger charge is 2.06. The smallest absolute Gasteiger partial charge is 0.328 e. The standard InChI is InChI=1S/C13H12O2S/c1-8-3-4-12-10(7-8)9(2)11(16-12)5-6-13(14)15/h3-7H,1-2H3,(H,14,15)/b6-5+. The van der Waals surface area contributed by atoms with Crippen molar-refractivity contribution in [2.24, 2.45) is 0 Å². The highest BCUT2D eigenvalue weighted by molar-refractivity contribution is 7.20. The first-order chi connectivity index (χ1) is 7.58. The zero-order valence-electron chi connectivity index (χ0n) is 9.15. The number of rotatable bonds is 2. The second-order valence-electron chi connectivity index (χ2n) is 3.76. The van der Waals surface area contributed by atoms with E-state index in [-0.39, 0.29) is 0 Å². The summed E-state index contributed by atoms with van der Waals surface area (Å²) in [4.78, 5) is 11.5. The molecule has 0 saturated heterocycles. The molecule has 0 radical (unpaired) electrons. The Labute approximate surface area is 97.8 Å². The summed E-state index contributed by atoms with van der Waals surface area (Å²) in [6.45, 7) is 4.09. The Morgan fingerprint density at radius 3 is 2.81 bits per heavy atom. The summed E-state index contributed by atoms with van der Waals surface area (Å²) in [6.07, 6.45) is 2.85. The first-order valence-electron chi connectivity index (χ1n) is 4.98. The second-order valence-corrected chi connectivity index (χ2v) is 4.85. The monoisotopic (exact) mass is 232 g/mol. The highest BCUT2D eigenvalue weighted by Crippen LogP contribution is 2.32. The van der Waals surface area contributed by atoms with Crippen molar-refractivity contribution in [2.75, 3.05) is 0 Å². The van der Waals surface area contributed by atoms with Crippen molar-refractivity contribution in [2.45, 2.75) is 13.8 Å². The number of carboxylic acids is 1. The average molecular weight is 232 g/mol. The fourth-order valence-electron chi connectivity index (χ4n) is 1.66. The molecular formula is C13H12O2S. The Morgan fingerprint density at radius 1 is 1.38 bits per heavy atom. The maximum atomic E-state index is 10.5. The van der Waals surface area contributed by atoms with E-state index in [0.29, 0.717) is 0 Å². The van der Waals surface area contributed by atoms with E-state index in [9.17, 15) is 4.79 Å². The summed E-state index contributed by atoms with van der Waals surface area (Å²) in [6, 6.07) is 6.29. The number of aliphatic carboxylic acids is 1. The molecule has 0 aliphatic rings. The highest BCUT2D eigenvalue weighted by atomic mass is 32.1. The molecule has 3 heteroatoms. The van der Waals surface area contributed by atoms with Gasteiger partial charge in [0.2, 0.25) is 0 Å². The summed E-state index contributed by atoms with van der Waals surface area (Å²) >= 11 is 1.62. The number of carboxylic acid groups (broad SMARTS) is 1. The molecule has 0 aliphatic heterocycles. The van der Waals surface area contributed by atoms with Crippen LogP contribution in [0.25, 0.3) is 16.2 Å². The van der Waals surface area contributed by atoms with Crippen molar-refractivity contribution in [1.29, 1.82) is 0 Å². The zero-order chi connectivity index (χ0) is 11.7. The summed E-state index contributed by atoms with van der Waals surface area (Å²) in [7, 11) is 0. The lowest BCUT2D eigenvalue weighted by Gasteiger charge is -1.94. The average Bonchev–Trinajstić information content (AvgIpc) is 2.53. The summed E-state index contributed by atoms with van der Waals surface area (Å²) in [5.41, 5.74) is 2.38. The van der Waals surface area contributed by atoms with Gasteiger partial charge in [-0.05, 0) is 36.9 Å². The van der Waals surface area contributed by atoms with Crippen molar-refractivity contribution in [1.82, 2.24) is 0 Å². The molecule has 0 spiro atoms. The van der Waals surface area contributed by atoms with Crippen LogP contribution in [0.4, 0.5) is 0 Å². The molecule has 1 aromatic carbocycles. The molecule has 16 heavy (non-hydrogen) atoms. The third kappa shape index (κ3) is 1.99. The van der Waals surface area contributed by atoms with Crippen molar-refractivity contribution >= 4 is 33.5 Å². The minimum Gasteiger partial charge on any atom is -0.478 e. The van der Waals surface area contributed by atoms with Gasteiger partial charge in [0.1, 0.15) is 0 Å². The van der Waals surface area contributed by atoms with Gasteiger partial charge in [-0.3, -0.25) is 0 Å². The largest absolute Gasteiger partial charge is 0.478 e. The van der Waals surface area contributed by atoms with Gasteiger partial charge >= 0.3 is 5.97 Å². The first-order valence-corrected chi connectivity index (χ1v) is 5.80. The number of fused-ring (bicyclic) bond motifs is 1. The molecule has 2 rings (SSSR count). The van der Waals surface area contributed by atoms with Gasteiger partial charge in [-0.15, -0.1) is 11.3 Å². The fraction of sp³-hybridized carbons (Fsp3) is 0.154. The van der Waals surface area contributed by atoms with Crippen LogP contribution in [0.5, 0.6) is 0 Å². The van der Waals surface area contributed by atoms with Crippen LogP contribution < -0.4 is 0 Å². The van der Waals surface area contributed by atoms with Crippen LogP contribution in [-0.2, 0) is 4.79 Å². The predicted molar refractivity (Wildman–Crippen MR) is 68.0 cm³/mol. The van der Waals surface area contributed by atoms with Crippen LogP contribution in [0.2, 0.25) is 0 Å². The Morgan fingerprint density at radius 2 is 2.12 bits per heavy atom. The van der Waals surface area contributed by atoms with E-state index in [1.165, 1.54) is 21.7 Å². The van der Waals surface area contributed by atoms with Crippen LogP contribution in [0.1, 0.15) is 16.0 Å². The lowest BCUT2D eigenvalue weighted by Crippen LogP contribution is -1.85. The maximum Gasteiger partial charge on any atom is 0.328 e. The molecule has 1 N–H and O–H groups in total. The Hall–Kier alpha value is -1.61. The molecule has 82 valence electrons. The van der Waals surface area contributed by atoms with E-state index in [1.54, 1.807) is 17.4 Å². The molecule has 1 aromatic heterocycles. The fourth-order valence-corrected chi connectivity index (χ4v) is 2.75. The van der Waals surface area contributed by atoms with Crippen LogP contribution in [0, 0.1) is 13.8 Å². The summed E-state index contributed by atoms with van der Waals surface area (Å²) < 4.78 is 1.20. The van der Waals surface area contributed by atoms with E-state index >= 15 is 0 Å². The Bertz CT molecular complexity index is 579. The van der Waals surface area contributed by atoms with Crippen molar-refractivity contribution < 1.29 is 9.90 Å². The Balaban J connectivity index is 2.56. The molecule has 1 heterocycles. The van der Waals surface area contributed by atoms with Gasteiger partial charge in [0.15, 0.2) is 0 Å². The summed E-state index contributed by atoms with van der Waals surface area (Å²) in [5.74, 6) is -0.909. The van der Waals surface area contributed by atoms with Gasteiger partial charge < -0.3 is 5.11 Å². The number of thiophene rings is 1. The lowest BCUT2D eigenvalue weighted by molar-refractivity contribution is -0.131. The number of benzene rings is 1. The molecule has 0 atom stereocenters. The molecule has 0 saturated carbocycles. The summed E-state index contributed by atoms with van der Waals surface area (Å²) in [5, 5.41) is 9.82. The maximum absolute atomic E-state index is 10.5. The number of carbonyl (C=O) groups is 1. The number of hydrogen-bond acceptors (Lipinski definition) is 2. The molecule has 2 nitrogen and oxygen atoms in total. The number of hydrogen-bond donors (Lipinski definition) is 1. The van der Waals surface area contributed by atoms with Crippen molar-refractivity contribution in [3.8, 4) is 0 Å². The van der Waals surface area contributed by atoms with Crippen molar-refractivity contribution in [3.63, 3.8) is 0 Å². The van der Waals surface area contributed by atoms with Gasteiger partial charge in [0.25, 0.3) is 0 Å². The third-order valence-electron chi connectivity index (χ3n) is 2.51. The minimum atomic E-state index is -0.909. The van der Waals surface area contributed by atoms with Gasteiger partial charge in [0, 0.05) is 15.7 Å². The first kappa shape index (κ1) is 10.9. The van der Waals surface area contributed by atoms with Gasteiger partial charge in [-0.25, -0.2) is 4.79 Å². The normalized spacial score (nSPS) is 11.4. The topological polar surface area (TPSA) is 37.3 Å². The predicted octanol–water partition coefficient (Wildman–Crippen LogP) is 3.62. The Kier molecular flexibility index (Phi) is 2.79. The van der Waals surface area contributed by atoms with Crippen LogP contribution >= 0.6 is 11.3 Å². The van der Waals surface area contributed by atoms with Crippen LogP contribution in [0.3, 0.4) is 0 Å². The lowest BCUT2D eigenvalue weighted by atomic mass is 10.1. The number of aryl methyl sites for hydroxylation is 2. The van der Waals surface area contributed by atoms with E-state index in [4.69, 9.17) is 5.11 Å². The van der Waals surface area contributed by atoms with Crippen LogP contribution in [0.15, 0.2) is 24.3 Å². The molecule has 0 bridgehead atoms. The molecule has 2 aromatic rings. The van der Waals surface area contributed by atoms with E-state index in [0.717, 1.165) is 10.4 Å². The molecule has 0 fully saturated rings. The minimum absolute atomic E-state index is 0.909. The third-order valence-corrected chi connectivity index (χ3v) is 3.74. The van der Waals surface area contributed by atoms with Crippen LogP contribution in [-0.4, -0.2) is 11.1 Å². The van der Waals surface area contributed by atoms with E-state index in [1.807, 2.05) is 6.92 Å². The van der Waals surface area contributed by atoms with Gasteiger partial charge in [-0.2, -0.15) is 0 Å². The van der Waals surface area contributed by atoms with E-state index < -0.39 is 5.97 Å². The molecule has 0 aliphatic carbocycles. The zero-order valence-corrected chi connectivity index (χ0v) is 9.97. The molecule has 0 amide bonds. The molecule has 0 unspecified atom stereocenters.